The Morgan fingerprint density at radius 3 is 2.48 bits per heavy atom. The molecule has 0 spiro atoms. The van der Waals surface area contributed by atoms with Gasteiger partial charge in [0.25, 0.3) is 0 Å². The highest BCUT2D eigenvalue weighted by atomic mass is 16.5. The molecule has 8 heteroatoms. The van der Waals surface area contributed by atoms with Crippen LogP contribution in [0.3, 0.4) is 0 Å². The normalized spacial score (nSPS) is 23.0. The minimum absolute atomic E-state index is 0.00419. The molecule has 148 valence electrons. The van der Waals surface area contributed by atoms with Crippen LogP contribution < -0.4 is 14.4 Å². The van der Waals surface area contributed by atoms with Crippen LogP contribution in [-0.2, 0) is 9.53 Å². The van der Waals surface area contributed by atoms with Gasteiger partial charge in [-0.25, -0.2) is 4.79 Å². The molecule has 0 N–H and O–H groups in total. The second-order valence-electron chi connectivity index (χ2n) is 6.95. The predicted octanol–water partition coefficient (Wildman–Crippen LogP) is 1.58. The quantitative estimate of drug-likeness (QED) is 0.779. The van der Waals surface area contributed by atoms with Crippen LogP contribution in [0.5, 0.6) is 11.5 Å². The lowest BCUT2D eigenvalue weighted by Gasteiger charge is -2.36. The molecule has 2 unspecified atom stereocenters. The summed E-state index contributed by atoms with van der Waals surface area (Å²) in [5.41, 5.74) is 0.644. The maximum absolute atomic E-state index is 12.9. The molecule has 0 bridgehead atoms. The van der Waals surface area contributed by atoms with Gasteiger partial charge in [0.1, 0.15) is 18.0 Å². The molecule has 2 atom stereocenters. The van der Waals surface area contributed by atoms with Gasteiger partial charge in [-0.05, 0) is 26.0 Å². The van der Waals surface area contributed by atoms with Gasteiger partial charge in [0.15, 0.2) is 0 Å². The van der Waals surface area contributed by atoms with Gasteiger partial charge in [-0.1, -0.05) is 0 Å². The van der Waals surface area contributed by atoms with Crippen LogP contribution >= 0.6 is 0 Å². The highest BCUT2D eigenvalue weighted by Gasteiger charge is 2.34. The lowest BCUT2D eigenvalue weighted by molar-refractivity contribution is -0.143. The molecule has 2 fully saturated rings. The highest BCUT2D eigenvalue weighted by molar-refractivity contribution is 5.98. The monoisotopic (exact) mass is 377 g/mol. The minimum Gasteiger partial charge on any atom is -0.497 e. The third-order valence-electron chi connectivity index (χ3n) is 4.87. The van der Waals surface area contributed by atoms with Crippen molar-refractivity contribution in [3.05, 3.63) is 18.2 Å². The highest BCUT2D eigenvalue weighted by Crippen LogP contribution is 2.34. The molecule has 2 heterocycles. The van der Waals surface area contributed by atoms with Crippen LogP contribution in [0.25, 0.3) is 0 Å². The fourth-order valence-corrected chi connectivity index (χ4v) is 3.61. The number of nitrogens with zero attached hydrogens (tertiary/aromatic N) is 3. The Morgan fingerprint density at radius 2 is 1.85 bits per heavy atom. The van der Waals surface area contributed by atoms with Crippen molar-refractivity contribution in [1.29, 1.82) is 0 Å². The number of carbonyl (C=O) groups excluding carboxylic acids is 2. The lowest BCUT2D eigenvalue weighted by atomic mass is 10.2. The summed E-state index contributed by atoms with van der Waals surface area (Å²) in [7, 11) is 3.14. The van der Waals surface area contributed by atoms with Gasteiger partial charge in [0.2, 0.25) is 5.91 Å². The number of benzene rings is 1. The lowest BCUT2D eigenvalue weighted by Crippen LogP contribution is -2.51. The molecule has 3 amide bonds. The van der Waals surface area contributed by atoms with E-state index in [0.29, 0.717) is 43.4 Å². The number of hydrogen-bond acceptors (Lipinski definition) is 5. The number of rotatable bonds is 5. The number of morpholine rings is 1. The first-order valence-electron chi connectivity index (χ1n) is 9.14. The van der Waals surface area contributed by atoms with Crippen molar-refractivity contribution in [2.75, 3.05) is 51.8 Å². The van der Waals surface area contributed by atoms with E-state index in [1.165, 1.54) is 0 Å². The van der Waals surface area contributed by atoms with Crippen molar-refractivity contribution >= 4 is 17.6 Å². The maximum Gasteiger partial charge on any atom is 0.325 e. The van der Waals surface area contributed by atoms with Crippen LogP contribution in [0.1, 0.15) is 13.8 Å². The van der Waals surface area contributed by atoms with Crippen LogP contribution in [0.15, 0.2) is 18.2 Å². The summed E-state index contributed by atoms with van der Waals surface area (Å²) in [5, 5.41) is 0. The molecule has 0 aromatic heterocycles. The Kier molecular flexibility index (Phi) is 5.74. The molecule has 1 aromatic rings. The van der Waals surface area contributed by atoms with E-state index in [9.17, 15) is 9.59 Å². The average molecular weight is 377 g/mol. The molecule has 3 rings (SSSR count). The van der Waals surface area contributed by atoms with E-state index in [1.807, 2.05) is 13.8 Å². The summed E-state index contributed by atoms with van der Waals surface area (Å²) in [6.07, 6.45) is 0.00838. The van der Waals surface area contributed by atoms with Crippen molar-refractivity contribution in [3.8, 4) is 11.5 Å². The van der Waals surface area contributed by atoms with E-state index in [1.54, 1.807) is 47.1 Å². The number of ether oxygens (including phenoxy) is 3. The molecule has 1 aromatic carbocycles. The van der Waals surface area contributed by atoms with Crippen molar-refractivity contribution in [2.45, 2.75) is 26.1 Å². The van der Waals surface area contributed by atoms with Gasteiger partial charge in [-0.3, -0.25) is 9.69 Å². The second-order valence-corrected chi connectivity index (χ2v) is 6.95. The fraction of sp³-hybridized carbons (Fsp3) is 0.579. The SMILES string of the molecule is COc1ccc(OC)c(N2CCN(CC(=O)N3CC(C)OC(C)C3)C2=O)c1. The topological polar surface area (TPSA) is 71.6 Å². The zero-order valence-electron chi connectivity index (χ0n) is 16.3. The molecular formula is C19H27N3O5. The predicted molar refractivity (Wildman–Crippen MR) is 100 cm³/mol. The van der Waals surface area contributed by atoms with Crippen molar-refractivity contribution < 1.29 is 23.8 Å². The van der Waals surface area contributed by atoms with Crippen LogP contribution in [0.2, 0.25) is 0 Å². The van der Waals surface area contributed by atoms with E-state index < -0.39 is 0 Å². The summed E-state index contributed by atoms with van der Waals surface area (Å²) in [4.78, 5) is 30.5. The summed E-state index contributed by atoms with van der Waals surface area (Å²) >= 11 is 0. The van der Waals surface area contributed by atoms with E-state index >= 15 is 0 Å². The first-order valence-corrected chi connectivity index (χ1v) is 9.14. The van der Waals surface area contributed by atoms with Crippen LogP contribution in [-0.4, -0.2) is 80.9 Å². The summed E-state index contributed by atoms with van der Waals surface area (Å²) in [6, 6.07) is 5.12. The molecule has 2 saturated heterocycles. The van der Waals surface area contributed by atoms with Crippen molar-refractivity contribution in [2.24, 2.45) is 0 Å². The Balaban J connectivity index is 1.69. The molecule has 2 aliphatic rings. The molecule has 0 aliphatic carbocycles. The maximum atomic E-state index is 12.9. The van der Waals surface area contributed by atoms with E-state index in [-0.39, 0.29) is 30.7 Å². The first-order chi connectivity index (χ1) is 12.9. The standard InChI is InChI=1S/C19H27N3O5/c1-13-10-21(11-14(2)27-13)18(23)12-20-7-8-22(19(20)24)16-9-15(25-3)5-6-17(16)26-4/h5-6,9,13-14H,7-8,10-12H2,1-4H3. The Bertz CT molecular complexity index is 701. The Labute approximate surface area is 159 Å². The third kappa shape index (κ3) is 4.10. The van der Waals surface area contributed by atoms with E-state index in [4.69, 9.17) is 14.2 Å². The first kappa shape index (κ1) is 19.3. The molecule has 0 radical (unpaired) electrons. The van der Waals surface area contributed by atoms with Gasteiger partial charge in [0.05, 0.1) is 32.1 Å². The summed E-state index contributed by atoms with van der Waals surface area (Å²) in [5.74, 6) is 1.18. The van der Waals surface area contributed by atoms with Gasteiger partial charge < -0.3 is 24.0 Å². The van der Waals surface area contributed by atoms with Crippen LogP contribution in [0.4, 0.5) is 10.5 Å². The molecule has 8 nitrogen and oxygen atoms in total. The summed E-state index contributed by atoms with van der Waals surface area (Å²) in [6.45, 7) is 6.06. The minimum atomic E-state index is -0.204. The zero-order chi connectivity index (χ0) is 19.6. The van der Waals surface area contributed by atoms with Gasteiger partial charge in [-0.2, -0.15) is 0 Å². The number of carbonyl (C=O) groups is 2. The molecular weight excluding hydrogens is 350 g/mol. The van der Waals surface area contributed by atoms with Gasteiger partial charge >= 0.3 is 6.03 Å². The Hall–Kier alpha value is -2.48. The third-order valence-corrected chi connectivity index (χ3v) is 4.87. The van der Waals surface area contributed by atoms with Gasteiger partial charge in [-0.15, -0.1) is 0 Å². The number of amides is 3. The molecule has 2 aliphatic heterocycles. The van der Waals surface area contributed by atoms with Crippen molar-refractivity contribution in [1.82, 2.24) is 9.80 Å². The largest absolute Gasteiger partial charge is 0.497 e. The smallest absolute Gasteiger partial charge is 0.325 e. The van der Waals surface area contributed by atoms with Gasteiger partial charge in [0, 0.05) is 32.2 Å². The molecule has 27 heavy (non-hydrogen) atoms. The Morgan fingerprint density at radius 1 is 1.15 bits per heavy atom. The average Bonchev–Trinajstić information content (AvgIpc) is 3.00. The molecule has 0 saturated carbocycles. The van der Waals surface area contributed by atoms with E-state index in [2.05, 4.69) is 0 Å². The fourth-order valence-electron chi connectivity index (χ4n) is 3.61. The number of methoxy groups -OCH3 is 2. The number of urea groups is 1. The second kappa shape index (κ2) is 8.04. The van der Waals surface area contributed by atoms with Crippen molar-refractivity contribution in [3.63, 3.8) is 0 Å². The number of anilines is 1. The zero-order valence-corrected chi connectivity index (χ0v) is 16.3. The summed E-state index contributed by atoms with van der Waals surface area (Å²) < 4.78 is 16.3. The van der Waals surface area contributed by atoms with E-state index in [0.717, 1.165) is 0 Å². The number of hydrogen-bond donors (Lipinski definition) is 0. The van der Waals surface area contributed by atoms with Crippen LogP contribution in [0, 0.1) is 0 Å².